The highest BCUT2D eigenvalue weighted by atomic mass is 32.2. The molecule has 0 amide bonds. The third kappa shape index (κ3) is 4.52. The number of carbonyl (C=O) groups excluding carboxylic acids is 1. The number of rotatable bonds is 6. The summed E-state index contributed by atoms with van der Waals surface area (Å²) in [4.78, 5) is 13.5. The van der Waals surface area contributed by atoms with E-state index in [0.717, 1.165) is 21.6 Å². The summed E-state index contributed by atoms with van der Waals surface area (Å²) in [6.45, 7) is 2.22. The van der Waals surface area contributed by atoms with E-state index in [0.29, 0.717) is 6.61 Å². The molecule has 3 aromatic carbocycles. The highest BCUT2D eigenvalue weighted by molar-refractivity contribution is 8.00. The van der Waals surface area contributed by atoms with Crippen molar-refractivity contribution in [2.75, 3.05) is 6.61 Å². The first-order valence-electron chi connectivity index (χ1n) is 8.31. The van der Waals surface area contributed by atoms with E-state index in [1.165, 1.54) is 11.8 Å². The van der Waals surface area contributed by atoms with E-state index in [4.69, 9.17) is 4.74 Å². The van der Waals surface area contributed by atoms with Crippen molar-refractivity contribution in [3.8, 4) is 11.1 Å². The number of esters is 1. The van der Waals surface area contributed by atoms with E-state index < -0.39 is 0 Å². The van der Waals surface area contributed by atoms with Gasteiger partial charge < -0.3 is 4.74 Å². The number of ether oxygens (including phenoxy) is 1. The van der Waals surface area contributed by atoms with Gasteiger partial charge in [0, 0.05) is 4.90 Å². The fraction of sp³-hybridized carbons (Fsp3) is 0.136. The Morgan fingerprint density at radius 1 is 0.840 bits per heavy atom. The molecule has 0 aliphatic carbocycles. The van der Waals surface area contributed by atoms with Gasteiger partial charge in [0.25, 0.3) is 0 Å². The van der Waals surface area contributed by atoms with Crippen molar-refractivity contribution < 1.29 is 9.53 Å². The monoisotopic (exact) mass is 348 g/mol. The molecule has 25 heavy (non-hydrogen) atoms. The van der Waals surface area contributed by atoms with Crippen molar-refractivity contribution in [1.29, 1.82) is 0 Å². The molecule has 0 aliphatic heterocycles. The van der Waals surface area contributed by atoms with E-state index in [9.17, 15) is 4.79 Å². The SMILES string of the molecule is CCOC(=O)C(Sc1ccccc1)c1ccc(-c2ccccc2)cc1. The Balaban J connectivity index is 1.86. The van der Waals surface area contributed by atoms with Crippen molar-refractivity contribution in [2.24, 2.45) is 0 Å². The first-order valence-corrected chi connectivity index (χ1v) is 9.19. The van der Waals surface area contributed by atoms with E-state index in [1.54, 1.807) is 0 Å². The van der Waals surface area contributed by atoms with Crippen LogP contribution >= 0.6 is 11.8 Å². The van der Waals surface area contributed by atoms with E-state index >= 15 is 0 Å². The first-order chi connectivity index (χ1) is 12.3. The summed E-state index contributed by atoms with van der Waals surface area (Å²) < 4.78 is 5.29. The van der Waals surface area contributed by atoms with Gasteiger partial charge in [0.2, 0.25) is 0 Å². The minimum Gasteiger partial charge on any atom is -0.465 e. The first kappa shape index (κ1) is 17.3. The highest BCUT2D eigenvalue weighted by Gasteiger charge is 2.23. The summed E-state index contributed by atoms with van der Waals surface area (Å²) in [5.74, 6) is -0.205. The van der Waals surface area contributed by atoms with Crippen molar-refractivity contribution in [3.05, 3.63) is 90.5 Å². The van der Waals surface area contributed by atoms with Gasteiger partial charge >= 0.3 is 5.97 Å². The molecule has 0 heterocycles. The Kier molecular flexibility index (Phi) is 5.91. The van der Waals surface area contributed by atoms with Gasteiger partial charge in [-0.05, 0) is 35.7 Å². The molecule has 0 fully saturated rings. The number of benzene rings is 3. The fourth-order valence-electron chi connectivity index (χ4n) is 2.59. The lowest BCUT2D eigenvalue weighted by Crippen LogP contribution is -2.13. The maximum absolute atomic E-state index is 12.5. The van der Waals surface area contributed by atoms with Crippen LogP contribution in [0.2, 0.25) is 0 Å². The molecule has 0 aromatic heterocycles. The molecule has 0 aliphatic rings. The van der Waals surface area contributed by atoms with Gasteiger partial charge in [-0.25, -0.2) is 0 Å². The lowest BCUT2D eigenvalue weighted by Gasteiger charge is -2.16. The molecule has 0 saturated heterocycles. The lowest BCUT2D eigenvalue weighted by atomic mass is 10.0. The Hall–Kier alpha value is -2.52. The van der Waals surface area contributed by atoms with E-state index in [2.05, 4.69) is 24.3 Å². The van der Waals surface area contributed by atoms with Gasteiger partial charge in [-0.3, -0.25) is 4.79 Å². The molecule has 3 aromatic rings. The second-order valence-electron chi connectivity index (χ2n) is 5.55. The maximum Gasteiger partial charge on any atom is 0.323 e. The minimum atomic E-state index is -0.368. The topological polar surface area (TPSA) is 26.3 Å². The predicted octanol–water partition coefficient (Wildman–Crippen LogP) is 5.75. The van der Waals surface area contributed by atoms with Crippen molar-refractivity contribution in [1.82, 2.24) is 0 Å². The van der Waals surface area contributed by atoms with Gasteiger partial charge in [0.05, 0.1) is 6.61 Å². The third-order valence-electron chi connectivity index (χ3n) is 3.82. The lowest BCUT2D eigenvalue weighted by molar-refractivity contribution is -0.142. The maximum atomic E-state index is 12.5. The van der Waals surface area contributed by atoms with E-state index in [1.807, 2.05) is 67.6 Å². The molecule has 3 rings (SSSR count). The molecular formula is C22H20O2S. The Labute approximate surface area is 152 Å². The van der Waals surface area contributed by atoms with Crippen LogP contribution < -0.4 is 0 Å². The Morgan fingerprint density at radius 3 is 2.00 bits per heavy atom. The quantitative estimate of drug-likeness (QED) is 0.419. The van der Waals surface area contributed by atoms with Gasteiger partial charge in [-0.15, -0.1) is 11.8 Å². The highest BCUT2D eigenvalue weighted by Crippen LogP contribution is 2.37. The van der Waals surface area contributed by atoms with Gasteiger partial charge in [-0.1, -0.05) is 72.8 Å². The van der Waals surface area contributed by atoms with Crippen molar-refractivity contribution in [3.63, 3.8) is 0 Å². The van der Waals surface area contributed by atoms with Crippen LogP contribution in [0.4, 0.5) is 0 Å². The Morgan fingerprint density at radius 2 is 1.40 bits per heavy atom. The third-order valence-corrected chi connectivity index (χ3v) is 5.06. The standard InChI is InChI=1S/C22H20O2S/c1-2-24-22(23)21(25-20-11-7-4-8-12-20)19-15-13-18(14-16-19)17-9-5-3-6-10-17/h3-16,21H,2H2,1H3. The van der Waals surface area contributed by atoms with Crippen LogP contribution in [-0.2, 0) is 9.53 Å². The fourth-order valence-corrected chi connectivity index (χ4v) is 3.63. The molecule has 1 unspecified atom stereocenters. The Bertz CT molecular complexity index is 798. The molecule has 0 spiro atoms. The second-order valence-corrected chi connectivity index (χ2v) is 6.73. The van der Waals surface area contributed by atoms with Crippen LogP contribution in [0.1, 0.15) is 17.7 Å². The summed E-state index contributed by atoms with van der Waals surface area (Å²) in [6, 6.07) is 28.3. The van der Waals surface area contributed by atoms with Crippen LogP contribution in [-0.4, -0.2) is 12.6 Å². The second kappa shape index (κ2) is 8.54. The van der Waals surface area contributed by atoms with Crippen LogP contribution in [0.15, 0.2) is 89.8 Å². The summed E-state index contributed by atoms with van der Waals surface area (Å²) >= 11 is 1.52. The van der Waals surface area contributed by atoms with Crippen molar-refractivity contribution >= 4 is 17.7 Å². The zero-order valence-electron chi connectivity index (χ0n) is 14.1. The van der Waals surface area contributed by atoms with Gasteiger partial charge in [-0.2, -0.15) is 0 Å². The molecule has 126 valence electrons. The van der Waals surface area contributed by atoms with Gasteiger partial charge in [0.15, 0.2) is 0 Å². The van der Waals surface area contributed by atoms with Crippen molar-refractivity contribution in [2.45, 2.75) is 17.1 Å². The zero-order valence-corrected chi connectivity index (χ0v) is 14.9. The molecule has 0 saturated carbocycles. The number of hydrogen-bond acceptors (Lipinski definition) is 3. The van der Waals surface area contributed by atoms with Gasteiger partial charge in [0.1, 0.15) is 5.25 Å². The number of carbonyl (C=O) groups is 1. The summed E-state index contributed by atoms with van der Waals surface area (Å²) in [5, 5.41) is -0.368. The average Bonchev–Trinajstić information content (AvgIpc) is 2.68. The van der Waals surface area contributed by atoms with Crippen LogP contribution in [0.3, 0.4) is 0 Å². The molecular weight excluding hydrogens is 328 g/mol. The molecule has 0 radical (unpaired) electrons. The summed E-state index contributed by atoms with van der Waals surface area (Å²) in [5.41, 5.74) is 3.25. The summed E-state index contributed by atoms with van der Waals surface area (Å²) in [6.07, 6.45) is 0. The molecule has 1 atom stereocenters. The smallest absolute Gasteiger partial charge is 0.323 e. The van der Waals surface area contributed by atoms with Crippen LogP contribution in [0.25, 0.3) is 11.1 Å². The largest absolute Gasteiger partial charge is 0.465 e. The normalized spacial score (nSPS) is 11.7. The number of thioether (sulfide) groups is 1. The number of hydrogen-bond donors (Lipinski definition) is 0. The van der Waals surface area contributed by atoms with Crippen LogP contribution in [0.5, 0.6) is 0 Å². The molecule has 2 nitrogen and oxygen atoms in total. The van der Waals surface area contributed by atoms with Crippen LogP contribution in [0, 0.1) is 0 Å². The zero-order chi connectivity index (χ0) is 17.5. The summed E-state index contributed by atoms with van der Waals surface area (Å²) in [7, 11) is 0. The molecule has 3 heteroatoms. The molecule has 0 bridgehead atoms. The van der Waals surface area contributed by atoms with E-state index in [-0.39, 0.29) is 11.2 Å². The molecule has 0 N–H and O–H groups in total. The minimum absolute atomic E-state index is 0.205. The average molecular weight is 348 g/mol. The predicted molar refractivity (Wildman–Crippen MR) is 104 cm³/mol.